The lowest BCUT2D eigenvalue weighted by Gasteiger charge is -2.43. The Labute approximate surface area is 273 Å². The molecule has 2 fully saturated rings. The summed E-state index contributed by atoms with van der Waals surface area (Å²) < 4.78 is 47.6. The van der Waals surface area contributed by atoms with E-state index in [4.69, 9.17) is 9.97 Å². The van der Waals surface area contributed by atoms with Crippen molar-refractivity contribution in [2.24, 2.45) is 0 Å². The van der Waals surface area contributed by atoms with Crippen molar-refractivity contribution >= 4 is 44.4 Å². The smallest absolute Gasteiger partial charge is 0.351 e. The summed E-state index contributed by atoms with van der Waals surface area (Å²) in [4.78, 5) is 42.2. The van der Waals surface area contributed by atoms with Crippen molar-refractivity contribution < 1.29 is 18.0 Å². The quantitative estimate of drug-likeness (QED) is 0.229. The molecule has 0 aliphatic carbocycles. The van der Waals surface area contributed by atoms with Crippen LogP contribution >= 0.6 is 0 Å². The number of benzene rings is 2. The number of fused-ring (bicyclic) bond motifs is 4. The van der Waals surface area contributed by atoms with E-state index >= 15 is 13.2 Å². The second-order valence-corrected chi connectivity index (χ2v) is 12.7. The lowest BCUT2D eigenvalue weighted by molar-refractivity contribution is -0.142. The Kier molecular flexibility index (Phi) is 7.71. The Bertz CT molecular complexity index is 2190. The largest absolute Gasteiger partial charge is 0.431 e. The number of alkyl halides is 3. The van der Waals surface area contributed by atoms with Crippen molar-refractivity contribution in [3.63, 3.8) is 0 Å². The maximum atomic E-state index is 15.0. The topological polar surface area (TPSA) is 103 Å². The van der Waals surface area contributed by atoms with Gasteiger partial charge in [0.05, 0.1) is 30.0 Å². The normalized spacial score (nSPS) is 18.9. The number of carbonyl (C=O) groups excluding carboxylic acids is 1. The highest BCUT2D eigenvalue weighted by Gasteiger charge is 2.39. The molecular weight excluding hydrogens is 621 g/mol. The number of anilines is 1. The summed E-state index contributed by atoms with van der Waals surface area (Å²) in [6.07, 6.45) is -1.15. The minimum absolute atomic E-state index is 0.0474. The van der Waals surface area contributed by atoms with Crippen molar-refractivity contribution in [3.8, 4) is 11.8 Å². The molecule has 1 amide bonds. The van der Waals surface area contributed by atoms with E-state index in [2.05, 4.69) is 17.5 Å². The van der Waals surface area contributed by atoms with Gasteiger partial charge in [0.2, 0.25) is 5.91 Å². The van der Waals surface area contributed by atoms with Crippen LogP contribution in [0.3, 0.4) is 0 Å². The van der Waals surface area contributed by atoms with E-state index in [1.165, 1.54) is 12.1 Å². The predicted octanol–water partition coefficient (Wildman–Crippen LogP) is 5.29. The fourth-order valence-corrected chi connectivity index (χ4v) is 7.13. The molecule has 0 saturated carbocycles. The molecule has 5 aromatic rings. The van der Waals surface area contributed by atoms with Crippen LogP contribution < -0.4 is 10.5 Å². The summed E-state index contributed by atoms with van der Waals surface area (Å²) in [6, 6.07) is 14.6. The lowest BCUT2D eigenvalue weighted by atomic mass is 9.94. The zero-order valence-corrected chi connectivity index (χ0v) is 26.5. The first-order chi connectivity index (χ1) is 23.0. The summed E-state index contributed by atoms with van der Waals surface area (Å²) in [5.74, 6) is 0.154. The highest BCUT2D eigenvalue weighted by molar-refractivity contribution is 6.07. The number of imidazole rings is 1. The molecule has 2 aliphatic rings. The summed E-state index contributed by atoms with van der Waals surface area (Å²) in [7, 11) is 3.95. The number of amides is 1. The third-order valence-corrected chi connectivity index (χ3v) is 9.72. The molecule has 0 bridgehead atoms. The van der Waals surface area contributed by atoms with Crippen LogP contribution in [-0.4, -0.2) is 80.6 Å². The predicted molar refractivity (Wildman–Crippen MR) is 177 cm³/mol. The summed E-state index contributed by atoms with van der Waals surface area (Å²) >= 11 is 0. The molecule has 246 valence electrons. The van der Waals surface area contributed by atoms with Crippen molar-refractivity contribution in [1.82, 2.24) is 28.9 Å². The standard InChI is InChI=1S/C35H33F3N8O2/c1-4-29(47)44-15-13-23(16-22(44)12-14-39)45-20-40-31-32(45)26-17-28(35(36,37)38)46(27-11-7-9-21-8-5-6-10-25(21)27)34(48)30(26)41-33(31)43-18-24(19-43)42(2)3/h4-11,17,20,22-24H,1,12-13,15-16,18-19H2,2-3H3/t22-,23+/m1/s1. The first kappa shape index (κ1) is 31.4. The number of likely N-dealkylation sites (N-methyl/N-ethyl adjacent to an activating group) is 1. The summed E-state index contributed by atoms with van der Waals surface area (Å²) in [5.41, 5.74) is -1.21. The highest BCUT2D eigenvalue weighted by atomic mass is 19.4. The third kappa shape index (κ3) is 5.07. The monoisotopic (exact) mass is 654 g/mol. The van der Waals surface area contributed by atoms with Gasteiger partial charge in [0.1, 0.15) is 16.7 Å². The van der Waals surface area contributed by atoms with Gasteiger partial charge in [0, 0.05) is 48.5 Å². The van der Waals surface area contributed by atoms with Gasteiger partial charge in [-0.15, -0.1) is 0 Å². The Morgan fingerprint density at radius 3 is 2.58 bits per heavy atom. The first-order valence-corrected chi connectivity index (χ1v) is 15.7. The number of piperidine rings is 1. The molecule has 0 unspecified atom stereocenters. The summed E-state index contributed by atoms with van der Waals surface area (Å²) in [6.45, 7) is 5.13. The number of halogens is 3. The van der Waals surface area contributed by atoms with Crippen LogP contribution in [0.1, 0.15) is 31.0 Å². The number of rotatable bonds is 6. The van der Waals surface area contributed by atoms with E-state index in [1.807, 2.05) is 23.6 Å². The SMILES string of the molecule is C=CC(=O)N1CC[C@H](n2cnc3c(N4CC(N(C)C)C4)nc4c(=O)n(-c5cccc6ccccc56)c(C(F)(F)F)cc4c32)C[C@H]1CC#N. The average Bonchev–Trinajstić information content (AvgIpc) is 3.49. The number of nitriles is 1. The maximum Gasteiger partial charge on any atom is 0.431 e. The van der Waals surface area contributed by atoms with Crippen molar-refractivity contribution in [2.75, 3.05) is 38.6 Å². The summed E-state index contributed by atoms with van der Waals surface area (Å²) in [5, 5.41) is 10.8. The molecule has 13 heteroatoms. The molecule has 2 saturated heterocycles. The van der Waals surface area contributed by atoms with E-state index in [1.54, 1.807) is 47.6 Å². The minimum atomic E-state index is -4.88. The highest BCUT2D eigenvalue weighted by Crippen LogP contribution is 2.40. The van der Waals surface area contributed by atoms with Crippen LogP contribution in [0.4, 0.5) is 19.0 Å². The first-order valence-electron chi connectivity index (χ1n) is 15.7. The van der Waals surface area contributed by atoms with Gasteiger partial charge in [0.15, 0.2) is 5.82 Å². The van der Waals surface area contributed by atoms with Crippen LogP contribution in [0.5, 0.6) is 0 Å². The van der Waals surface area contributed by atoms with E-state index < -0.39 is 23.5 Å². The number of hydrogen-bond donors (Lipinski definition) is 0. The second-order valence-electron chi connectivity index (χ2n) is 12.7. The zero-order chi connectivity index (χ0) is 33.9. The van der Waals surface area contributed by atoms with E-state index in [0.29, 0.717) is 60.1 Å². The molecule has 0 spiro atoms. The van der Waals surface area contributed by atoms with Gasteiger partial charge in [-0.25, -0.2) is 9.97 Å². The van der Waals surface area contributed by atoms with Crippen LogP contribution in [0, 0.1) is 11.3 Å². The number of likely N-dealkylation sites (tertiary alicyclic amines) is 1. The van der Waals surface area contributed by atoms with Gasteiger partial charge >= 0.3 is 6.18 Å². The molecular formula is C35H33F3N8O2. The average molecular weight is 655 g/mol. The second kappa shape index (κ2) is 11.8. The third-order valence-electron chi connectivity index (χ3n) is 9.72. The molecule has 0 radical (unpaired) electrons. The molecule has 2 aromatic carbocycles. The van der Waals surface area contributed by atoms with Crippen molar-refractivity contribution in [1.29, 1.82) is 5.26 Å². The number of pyridine rings is 2. The van der Waals surface area contributed by atoms with E-state index in [9.17, 15) is 14.9 Å². The van der Waals surface area contributed by atoms with Gasteiger partial charge in [-0.05, 0) is 50.5 Å². The Morgan fingerprint density at radius 1 is 1.12 bits per heavy atom. The fourth-order valence-electron chi connectivity index (χ4n) is 7.13. The van der Waals surface area contributed by atoms with Crippen LogP contribution in [0.2, 0.25) is 0 Å². The number of aromatic nitrogens is 4. The minimum Gasteiger partial charge on any atom is -0.351 e. The number of nitrogens with zero attached hydrogens (tertiary/aromatic N) is 8. The number of hydrogen-bond acceptors (Lipinski definition) is 7. The molecule has 3 aromatic heterocycles. The molecule has 7 rings (SSSR count). The molecule has 2 aliphatic heterocycles. The van der Waals surface area contributed by atoms with Crippen molar-refractivity contribution in [2.45, 2.75) is 43.6 Å². The van der Waals surface area contributed by atoms with Crippen LogP contribution in [0.15, 0.2) is 72.3 Å². The van der Waals surface area contributed by atoms with Crippen molar-refractivity contribution in [3.05, 3.63) is 83.6 Å². The van der Waals surface area contributed by atoms with E-state index in [-0.39, 0.29) is 41.0 Å². The molecule has 2 atom stereocenters. The van der Waals surface area contributed by atoms with E-state index in [0.717, 1.165) is 10.6 Å². The van der Waals surface area contributed by atoms with Gasteiger partial charge in [-0.3, -0.25) is 14.2 Å². The lowest BCUT2D eigenvalue weighted by Crippen LogP contribution is -2.57. The molecule has 10 nitrogen and oxygen atoms in total. The maximum absolute atomic E-state index is 15.0. The molecule has 5 heterocycles. The van der Waals surface area contributed by atoms with Gasteiger partial charge < -0.3 is 19.3 Å². The van der Waals surface area contributed by atoms with Gasteiger partial charge in [0.25, 0.3) is 5.56 Å². The molecule has 0 N–H and O–H groups in total. The zero-order valence-electron chi connectivity index (χ0n) is 26.5. The van der Waals surface area contributed by atoms with Crippen LogP contribution in [0.25, 0.3) is 38.4 Å². The van der Waals surface area contributed by atoms with Gasteiger partial charge in [-0.1, -0.05) is 43.0 Å². The molecule has 48 heavy (non-hydrogen) atoms. The van der Waals surface area contributed by atoms with Gasteiger partial charge in [-0.2, -0.15) is 18.4 Å². The Hall–Kier alpha value is -5.22. The fraction of sp³-hybridized carbons (Fsp3) is 0.343. The van der Waals surface area contributed by atoms with Crippen LogP contribution in [-0.2, 0) is 11.0 Å². The Balaban J connectivity index is 1.49. The Morgan fingerprint density at radius 2 is 1.88 bits per heavy atom. The number of carbonyl (C=O) groups is 1.